The topological polar surface area (TPSA) is 40.5 Å². The Hall–Kier alpha value is -2.05. The van der Waals surface area contributed by atoms with Gasteiger partial charge in [-0.1, -0.05) is 128 Å². The van der Waals surface area contributed by atoms with Crippen molar-refractivity contribution >= 4 is 0 Å². The molecule has 0 amide bonds. The van der Waals surface area contributed by atoms with Crippen LogP contribution in [0.15, 0.2) is 146 Å². The van der Waals surface area contributed by atoms with Crippen LogP contribution in [-0.2, 0) is 124 Å². The molecule has 0 bridgehead atoms. The molecular formula is C51H66F4O2Y3-2. The number of aryl methyl sites for hydroxylation is 2. The van der Waals surface area contributed by atoms with Crippen LogP contribution < -0.4 is 0 Å². The summed E-state index contributed by atoms with van der Waals surface area (Å²) >= 11 is 0. The van der Waals surface area contributed by atoms with E-state index in [1.54, 1.807) is 72.8 Å². The first kappa shape index (κ1) is 69.6. The number of benzene rings is 6. The normalized spacial score (nSPS) is 8.47. The second-order valence-corrected chi connectivity index (χ2v) is 11.0. The summed E-state index contributed by atoms with van der Waals surface area (Å²) in [5.41, 5.74) is 6.57. The number of hydrogen-bond donors (Lipinski definition) is 2. The molecule has 0 unspecified atom stereocenters. The largest absolute Gasteiger partial charge is 0.508 e. The van der Waals surface area contributed by atoms with E-state index in [1.165, 1.54) is 48.5 Å². The van der Waals surface area contributed by atoms with E-state index in [1.807, 2.05) is 79.7 Å². The van der Waals surface area contributed by atoms with Gasteiger partial charge in [0.05, 0.1) is 0 Å². The number of halogens is 4. The van der Waals surface area contributed by atoms with Crippen LogP contribution in [0.3, 0.4) is 0 Å². The third-order valence-corrected chi connectivity index (χ3v) is 7.27. The van der Waals surface area contributed by atoms with Gasteiger partial charge in [0, 0.05) is 98.1 Å². The Kier molecular flexibility index (Phi) is 52.2. The number of rotatable bonds is 8. The van der Waals surface area contributed by atoms with E-state index in [9.17, 15) is 17.6 Å². The standard InChI is InChI=1S/C15H14F2.C13H10F2.C13H12O2.4C2H6.2CH3.3Y/c16-14-8-4-12(5-9-14)2-1-3-13-6-10-15(17)11-7-13;2*14-12-5-1-10(2-6-12)9-11-3-7-13(15)8-4-11;4*1-2;;;;;/h4-11H,1-3H2;1-8H,9H2;1-8,14-15H,9H2;4*1-2H3;2*1H3;;;/q;;;;;;;2*-1;;;. The third kappa shape index (κ3) is 32.6. The van der Waals surface area contributed by atoms with Gasteiger partial charge in [-0.2, -0.15) is 0 Å². The molecule has 3 radical (unpaired) electrons. The Morgan fingerprint density at radius 3 is 0.667 bits per heavy atom. The molecule has 0 fully saturated rings. The minimum absolute atomic E-state index is 0. The fourth-order valence-electron chi connectivity index (χ4n) is 4.70. The maximum absolute atomic E-state index is 12.7. The Morgan fingerprint density at radius 2 is 0.467 bits per heavy atom. The molecule has 0 spiro atoms. The van der Waals surface area contributed by atoms with E-state index in [2.05, 4.69) is 0 Å². The van der Waals surface area contributed by atoms with Crippen LogP contribution >= 0.6 is 0 Å². The fraction of sp³-hybridized carbons (Fsp3) is 0.255. The summed E-state index contributed by atoms with van der Waals surface area (Å²) in [6, 6.07) is 40.1. The van der Waals surface area contributed by atoms with E-state index in [-0.39, 0.29) is 148 Å². The van der Waals surface area contributed by atoms with Crippen LogP contribution in [0.25, 0.3) is 0 Å². The molecule has 0 saturated heterocycles. The summed E-state index contributed by atoms with van der Waals surface area (Å²) in [5.74, 6) is -0.316. The number of phenols is 2. The molecule has 60 heavy (non-hydrogen) atoms. The maximum Gasteiger partial charge on any atom is 0.123 e. The molecule has 0 aliphatic carbocycles. The molecule has 9 heteroatoms. The molecule has 0 aliphatic heterocycles. The molecule has 2 N–H and O–H groups in total. The van der Waals surface area contributed by atoms with Gasteiger partial charge in [-0.3, -0.25) is 0 Å². The molecule has 0 heterocycles. The van der Waals surface area contributed by atoms with Gasteiger partial charge in [0.2, 0.25) is 0 Å². The van der Waals surface area contributed by atoms with Crippen molar-refractivity contribution in [2.45, 2.75) is 87.5 Å². The molecular weight excluding hydrogens is 987 g/mol. The zero-order valence-corrected chi connectivity index (χ0v) is 46.0. The SMILES string of the molecule is CC.CC.CC.CC.Fc1ccc(CCCc2ccc(F)cc2)cc1.Fc1ccc(Cc2ccc(F)cc2)cc1.Oc1ccc(Cc2ccc(O)cc2)cc1.[CH3-].[CH3-].[Y].[Y].[Y]. The first-order valence-corrected chi connectivity index (χ1v) is 19.3. The van der Waals surface area contributed by atoms with Gasteiger partial charge < -0.3 is 25.1 Å². The van der Waals surface area contributed by atoms with Crippen LogP contribution in [0.5, 0.6) is 11.5 Å². The van der Waals surface area contributed by atoms with Gasteiger partial charge in [-0.15, -0.1) is 0 Å². The van der Waals surface area contributed by atoms with Crippen molar-refractivity contribution in [1.82, 2.24) is 0 Å². The average molecular weight is 1050 g/mol. The zero-order chi connectivity index (χ0) is 41.4. The molecule has 2 nitrogen and oxygen atoms in total. The number of phenolic OH excluding ortho intramolecular Hbond substituents is 2. The molecule has 6 aromatic rings. The van der Waals surface area contributed by atoms with Gasteiger partial charge in [-0.25, -0.2) is 17.6 Å². The Bertz CT molecular complexity index is 1550. The summed E-state index contributed by atoms with van der Waals surface area (Å²) in [6.07, 6.45) is 4.31. The van der Waals surface area contributed by atoms with Crippen molar-refractivity contribution in [3.63, 3.8) is 0 Å². The first-order chi connectivity index (χ1) is 26.7. The van der Waals surface area contributed by atoms with E-state index < -0.39 is 0 Å². The third-order valence-electron chi connectivity index (χ3n) is 7.27. The van der Waals surface area contributed by atoms with Crippen molar-refractivity contribution < 1.29 is 126 Å². The van der Waals surface area contributed by atoms with Gasteiger partial charge in [-0.05, 0) is 138 Å². The van der Waals surface area contributed by atoms with Gasteiger partial charge >= 0.3 is 0 Å². The summed E-state index contributed by atoms with van der Waals surface area (Å²) in [7, 11) is 0. The average Bonchev–Trinajstić information content (AvgIpc) is 3.23. The number of hydrogen-bond acceptors (Lipinski definition) is 2. The summed E-state index contributed by atoms with van der Waals surface area (Å²) < 4.78 is 50.6. The monoisotopic (exact) mass is 1050 g/mol. The number of aromatic hydroxyl groups is 2. The van der Waals surface area contributed by atoms with E-state index in [0.717, 1.165) is 59.1 Å². The van der Waals surface area contributed by atoms with Crippen molar-refractivity contribution in [3.05, 3.63) is 217 Å². The predicted molar refractivity (Wildman–Crippen MR) is 238 cm³/mol. The van der Waals surface area contributed by atoms with Gasteiger partial charge in [0.1, 0.15) is 34.8 Å². The first-order valence-electron chi connectivity index (χ1n) is 19.3. The van der Waals surface area contributed by atoms with Crippen LogP contribution in [0.2, 0.25) is 0 Å². The van der Waals surface area contributed by atoms with E-state index >= 15 is 0 Å². The minimum atomic E-state index is -0.238. The molecule has 0 atom stereocenters. The molecule has 6 aromatic carbocycles. The second kappa shape index (κ2) is 45.0. The van der Waals surface area contributed by atoms with Crippen molar-refractivity contribution in [2.24, 2.45) is 0 Å². The van der Waals surface area contributed by atoms with Crippen molar-refractivity contribution in [2.75, 3.05) is 0 Å². The summed E-state index contributed by atoms with van der Waals surface area (Å²) in [5, 5.41) is 18.3. The molecule has 0 aliphatic rings. The fourth-order valence-corrected chi connectivity index (χ4v) is 4.70. The Morgan fingerprint density at radius 1 is 0.300 bits per heavy atom. The smallest absolute Gasteiger partial charge is 0.123 e. The molecule has 0 saturated carbocycles. The van der Waals surface area contributed by atoms with Gasteiger partial charge in [0.15, 0.2) is 0 Å². The quantitative estimate of drug-likeness (QED) is 0.118. The minimum Gasteiger partial charge on any atom is -0.508 e. The van der Waals surface area contributed by atoms with Crippen LogP contribution in [0.1, 0.15) is 95.2 Å². The molecule has 0 aromatic heterocycles. The maximum atomic E-state index is 12.7. The molecule has 321 valence electrons. The van der Waals surface area contributed by atoms with Crippen LogP contribution in [0.4, 0.5) is 17.6 Å². The van der Waals surface area contributed by atoms with Crippen molar-refractivity contribution in [1.29, 1.82) is 0 Å². The van der Waals surface area contributed by atoms with Crippen LogP contribution in [-0.4, -0.2) is 10.2 Å². The molecule has 6 rings (SSSR count). The van der Waals surface area contributed by atoms with E-state index in [0.29, 0.717) is 6.42 Å². The Labute approximate surface area is 437 Å². The van der Waals surface area contributed by atoms with E-state index in [4.69, 9.17) is 10.2 Å². The van der Waals surface area contributed by atoms with Crippen LogP contribution in [0, 0.1) is 38.1 Å². The van der Waals surface area contributed by atoms with Gasteiger partial charge in [0.25, 0.3) is 0 Å². The zero-order valence-electron chi connectivity index (χ0n) is 37.5. The summed E-state index contributed by atoms with van der Waals surface area (Å²) in [4.78, 5) is 0. The second-order valence-electron chi connectivity index (χ2n) is 11.0. The summed E-state index contributed by atoms with van der Waals surface area (Å²) in [6.45, 7) is 16.0. The predicted octanol–water partition coefficient (Wildman–Crippen LogP) is 15.4. The Balaban J connectivity index is -0.000000162. The van der Waals surface area contributed by atoms with Crippen molar-refractivity contribution in [3.8, 4) is 11.5 Å².